The highest BCUT2D eigenvalue weighted by molar-refractivity contribution is 6.30. The topological polar surface area (TPSA) is 45.8 Å². The lowest BCUT2D eigenvalue weighted by Gasteiger charge is -2.12. The average molecular weight is 295 g/mol. The average Bonchev–Trinajstić information content (AvgIpc) is 2.50. The molecule has 4 heteroatoms. The lowest BCUT2D eigenvalue weighted by Crippen LogP contribution is -2.13. The minimum absolute atomic E-state index is 0.149. The molecule has 1 aromatic heterocycles. The van der Waals surface area contributed by atoms with E-state index < -0.39 is 0 Å². The van der Waals surface area contributed by atoms with Crippen molar-refractivity contribution in [3.8, 4) is 6.07 Å². The smallest absolute Gasteiger partial charge is 0.207 e. The highest BCUT2D eigenvalue weighted by Gasteiger charge is 2.08. The minimum Gasteiger partial charge on any atom is -0.341 e. The largest absolute Gasteiger partial charge is 0.341 e. The van der Waals surface area contributed by atoms with Gasteiger partial charge in [-0.15, -0.1) is 0 Å². The molecule has 0 bridgehead atoms. The van der Waals surface area contributed by atoms with Gasteiger partial charge < -0.3 is 4.57 Å². The molecule has 0 fully saturated rings. The van der Waals surface area contributed by atoms with E-state index in [0.717, 1.165) is 11.1 Å². The molecule has 0 saturated carbocycles. The molecule has 0 N–H and O–H groups in total. The first-order chi connectivity index (χ1) is 10.2. The minimum atomic E-state index is -0.226. The number of fused-ring (bicyclic) bond motifs is 1. The quantitative estimate of drug-likeness (QED) is 0.725. The van der Waals surface area contributed by atoms with E-state index in [4.69, 9.17) is 16.9 Å². The van der Waals surface area contributed by atoms with Gasteiger partial charge in [-0.05, 0) is 29.8 Å². The second-order valence-electron chi connectivity index (χ2n) is 4.76. The van der Waals surface area contributed by atoms with Crippen molar-refractivity contribution in [2.24, 2.45) is 0 Å². The van der Waals surface area contributed by atoms with Gasteiger partial charge in [-0.3, -0.25) is 4.79 Å². The van der Waals surface area contributed by atoms with E-state index >= 15 is 0 Å². The van der Waals surface area contributed by atoms with Crippen LogP contribution in [-0.2, 0) is 6.54 Å². The Labute approximate surface area is 126 Å². The van der Waals surface area contributed by atoms with Gasteiger partial charge in [0.05, 0.1) is 5.52 Å². The Hall–Kier alpha value is -2.57. The first kappa shape index (κ1) is 13.4. The molecule has 0 unspecified atom stereocenters. The molecular formula is C17H11ClN2O. The third kappa shape index (κ3) is 2.54. The predicted molar refractivity (Wildman–Crippen MR) is 83.5 cm³/mol. The van der Waals surface area contributed by atoms with E-state index in [0.29, 0.717) is 17.0 Å². The third-order valence-corrected chi connectivity index (χ3v) is 3.59. The Balaban J connectivity index is 2.21. The fourth-order valence-electron chi connectivity index (χ4n) is 2.39. The molecule has 2 aromatic carbocycles. The Morgan fingerprint density at radius 3 is 2.71 bits per heavy atom. The van der Waals surface area contributed by atoms with Crippen LogP contribution in [0.15, 0.2) is 59.5 Å². The molecule has 0 aliphatic carbocycles. The van der Waals surface area contributed by atoms with Gasteiger partial charge in [0.25, 0.3) is 0 Å². The highest BCUT2D eigenvalue weighted by atomic mass is 35.5. The van der Waals surface area contributed by atoms with Crippen molar-refractivity contribution in [1.82, 2.24) is 4.57 Å². The van der Waals surface area contributed by atoms with E-state index in [-0.39, 0.29) is 11.0 Å². The predicted octanol–water partition coefficient (Wildman–Crippen LogP) is 3.57. The molecule has 0 saturated heterocycles. The molecule has 0 aliphatic heterocycles. The maximum atomic E-state index is 12.2. The monoisotopic (exact) mass is 294 g/mol. The molecule has 3 rings (SSSR count). The summed E-state index contributed by atoms with van der Waals surface area (Å²) in [4.78, 5) is 12.2. The molecule has 3 nitrogen and oxygen atoms in total. The molecule has 0 spiro atoms. The van der Waals surface area contributed by atoms with Crippen molar-refractivity contribution >= 4 is 22.5 Å². The van der Waals surface area contributed by atoms with Crippen molar-refractivity contribution in [3.63, 3.8) is 0 Å². The number of halogens is 1. The summed E-state index contributed by atoms with van der Waals surface area (Å²) in [6, 6.07) is 16.8. The summed E-state index contributed by atoms with van der Waals surface area (Å²) in [7, 11) is 0. The first-order valence-corrected chi connectivity index (χ1v) is 6.83. The van der Waals surface area contributed by atoms with E-state index in [1.165, 1.54) is 0 Å². The SMILES string of the molecule is N#Cc1cn(Cc2cccc(Cl)c2)c2ccccc2c1=O. The molecule has 0 atom stereocenters. The molecular weight excluding hydrogens is 284 g/mol. The van der Waals surface area contributed by atoms with Gasteiger partial charge >= 0.3 is 0 Å². The summed E-state index contributed by atoms with van der Waals surface area (Å²) in [6.45, 7) is 0.552. The van der Waals surface area contributed by atoms with Gasteiger partial charge in [0.2, 0.25) is 5.43 Å². The second kappa shape index (κ2) is 5.43. The lowest BCUT2D eigenvalue weighted by atomic mass is 10.1. The second-order valence-corrected chi connectivity index (χ2v) is 5.20. The third-order valence-electron chi connectivity index (χ3n) is 3.35. The van der Waals surface area contributed by atoms with Crippen LogP contribution in [-0.4, -0.2) is 4.57 Å². The van der Waals surface area contributed by atoms with Crippen LogP contribution in [0.3, 0.4) is 0 Å². The van der Waals surface area contributed by atoms with Crippen molar-refractivity contribution in [2.45, 2.75) is 6.54 Å². The van der Waals surface area contributed by atoms with Gasteiger partial charge in [-0.1, -0.05) is 35.9 Å². The Morgan fingerprint density at radius 2 is 1.95 bits per heavy atom. The number of hydrogen-bond donors (Lipinski definition) is 0. The van der Waals surface area contributed by atoms with Gasteiger partial charge in [0.1, 0.15) is 11.6 Å². The molecule has 0 amide bonds. The fraction of sp³-hybridized carbons (Fsp3) is 0.0588. The molecule has 0 aliphatic rings. The number of nitrogens with zero attached hydrogens (tertiary/aromatic N) is 2. The summed E-state index contributed by atoms with van der Waals surface area (Å²) < 4.78 is 1.90. The number of pyridine rings is 1. The summed E-state index contributed by atoms with van der Waals surface area (Å²) in [5, 5.41) is 10.3. The summed E-state index contributed by atoms with van der Waals surface area (Å²) in [6.07, 6.45) is 1.60. The van der Waals surface area contributed by atoms with Crippen molar-refractivity contribution in [2.75, 3.05) is 0 Å². The first-order valence-electron chi connectivity index (χ1n) is 6.46. The molecule has 0 radical (unpaired) electrons. The summed E-state index contributed by atoms with van der Waals surface area (Å²) >= 11 is 6.00. The number of benzene rings is 2. The van der Waals surface area contributed by atoms with Crippen LogP contribution in [0.1, 0.15) is 11.1 Å². The highest BCUT2D eigenvalue weighted by Crippen LogP contribution is 2.16. The normalized spacial score (nSPS) is 10.5. The summed E-state index contributed by atoms with van der Waals surface area (Å²) in [5.74, 6) is 0. The Bertz CT molecular complexity index is 922. The number of aromatic nitrogens is 1. The zero-order valence-corrected chi connectivity index (χ0v) is 11.8. The van der Waals surface area contributed by atoms with Crippen molar-refractivity contribution in [3.05, 3.63) is 81.1 Å². The molecule has 102 valence electrons. The van der Waals surface area contributed by atoms with Crippen molar-refractivity contribution < 1.29 is 0 Å². The zero-order chi connectivity index (χ0) is 14.8. The standard InChI is InChI=1S/C17H11ClN2O/c18-14-5-3-4-12(8-14)10-20-11-13(9-19)17(21)15-6-1-2-7-16(15)20/h1-8,11H,10H2. The van der Waals surface area contributed by atoms with Crippen molar-refractivity contribution in [1.29, 1.82) is 5.26 Å². The van der Waals surface area contributed by atoms with Crippen LogP contribution in [0.2, 0.25) is 5.02 Å². The molecule has 1 heterocycles. The number of nitriles is 1. The van der Waals surface area contributed by atoms with Crippen LogP contribution < -0.4 is 5.43 Å². The van der Waals surface area contributed by atoms with E-state index in [9.17, 15) is 4.79 Å². The van der Waals surface area contributed by atoms with Crippen LogP contribution in [0.25, 0.3) is 10.9 Å². The number of hydrogen-bond acceptors (Lipinski definition) is 2. The maximum absolute atomic E-state index is 12.2. The maximum Gasteiger partial charge on any atom is 0.207 e. The molecule has 21 heavy (non-hydrogen) atoms. The van der Waals surface area contributed by atoms with E-state index in [2.05, 4.69) is 0 Å². The van der Waals surface area contributed by atoms with Crippen LogP contribution in [0, 0.1) is 11.3 Å². The molecule has 3 aromatic rings. The number of para-hydroxylation sites is 1. The Morgan fingerprint density at radius 1 is 1.14 bits per heavy atom. The van der Waals surface area contributed by atoms with Gasteiger partial charge in [0.15, 0.2) is 0 Å². The van der Waals surface area contributed by atoms with Crippen LogP contribution in [0.5, 0.6) is 0 Å². The summed E-state index contributed by atoms with van der Waals surface area (Å²) in [5.41, 5.74) is 1.74. The number of rotatable bonds is 2. The fourth-order valence-corrected chi connectivity index (χ4v) is 2.60. The Kier molecular flexibility index (Phi) is 3.47. The van der Waals surface area contributed by atoms with E-state index in [1.54, 1.807) is 18.3 Å². The zero-order valence-electron chi connectivity index (χ0n) is 11.1. The lowest BCUT2D eigenvalue weighted by molar-refractivity contribution is 0.823. The van der Waals surface area contributed by atoms with Crippen LogP contribution in [0.4, 0.5) is 0 Å². The van der Waals surface area contributed by atoms with Crippen LogP contribution >= 0.6 is 11.6 Å². The van der Waals surface area contributed by atoms with Gasteiger partial charge in [-0.2, -0.15) is 5.26 Å². The van der Waals surface area contributed by atoms with Gasteiger partial charge in [-0.25, -0.2) is 0 Å². The van der Waals surface area contributed by atoms with Gasteiger partial charge in [0, 0.05) is 23.2 Å². The van der Waals surface area contributed by atoms with E-state index in [1.807, 2.05) is 47.0 Å².